The second-order valence-corrected chi connectivity index (χ2v) is 4.29. The molecule has 2 aromatic rings. The molecule has 0 amide bonds. The number of aryl methyl sites for hydroxylation is 1. The fourth-order valence-electron chi connectivity index (χ4n) is 1.53. The van der Waals surface area contributed by atoms with Crippen LogP contribution in [0.3, 0.4) is 0 Å². The second-order valence-electron chi connectivity index (χ2n) is 3.47. The molecular weight excluding hydrogens is 245 g/mol. The number of aldehydes is 1. The highest BCUT2D eigenvalue weighted by atomic mass is 35.5. The largest absolute Gasteiger partial charge is 0.313 e. The molecule has 0 N–H and O–H groups in total. The van der Waals surface area contributed by atoms with E-state index in [0.717, 1.165) is 11.8 Å². The summed E-state index contributed by atoms with van der Waals surface area (Å²) in [6.45, 7) is 1.88. The molecule has 82 valence electrons. The van der Waals surface area contributed by atoms with E-state index in [1.54, 1.807) is 35.0 Å². The molecule has 0 fully saturated rings. The molecule has 0 unspecified atom stereocenters. The van der Waals surface area contributed by atoms with Gasteiger partial charge in [0.25, 0.3) is 0 Å². The highest BCUT2D eigenvalue weighted by Gasteiger charge is 2.08. The molecule has 4 heteroatoms. The van der Waals surface area contributed by atoms with Gasteiger partial charge in [-0.3, -0.25) is 4.79 Å². The van der Waals surface area contributed by atoms with Gasteiger partial charge in [0.1, 0.15) is 0 Å². The van der Waals surface area contributed by atoms with Gasteiger partial charge in [-0.2, -0.15) is 0 Å². The standard InChI is InChI=1S/C12H9Cl2NO/c1-8-5-11(14)12(6-10(8)13)15-4-2-3-9(15)7-16/h2-7H,1H3. The maximum atomic E-state index is 10.8. The zero-order valence-electron chi connectivity index (χ0n) is 8.58. The smallest absolute Gasteiger partial charge is 0.166 e. The first-order valence-electron chi connectivity index (χ1n) is 4.72. The van der Waals surface area contributed by atoms with Crippen molar-refractivity contribution in [2.24, 2.45) is 0 Å². The number of nitrogens with zero attached hydrogens (tertiary/aromatic N) is 1. The molecule has 0 aliphatic carbocycles. The molecule has 0 aliphatic rings. The van der Waals surface area contributed by atoms with Crippen LogP contribution in [0, 0.1) is 6.92 Å². The molecule has 1 heterocycles. The fraction of sp³-hybridized carbons (Fsp3) is 0.0833. The van der Waals surface area contributed by atoms with Gasteiger partial charge in [-0.1, -0.05) is 23.2 Å². The Morgan fingerprint density at radius 3 is 2.69 bits per heavy atom. The third-order valence-corrected chi connectivity index (χ3v) is 3.10. The van der Waals surface area contributed by atoms with Gasteiger partial charge in [-0.05, 0) is 36.8 Å². The van der Waals surface area contributed by atoms with Crippen molar-refractivity contribution in [2.75, 3.05) is 0 Å². The predicted molar refractivity (Wildman–Crippen MR) is 65.9 cm³/mol. The Bertz CT molecular complexity index is 546. The van der Waals surface area contributed by atoms with Crippen molar-refractivity contribution in [3.63, 3.8) is 0 Å². The third-order valence-electron chi connectivity index (χ3n) is 2.39. The van der Waals surface area contributed by atoms with E-state index in [1.807, 2.05) is 6.92 Å². The molecule has 2 rings (SSSR count). The zero-order chi connectivity index (χ0) is 11.7. The molecule has 2 nitrogen and oxygen atoms in total. The number of hydrogen-bond donors (Lipinski definition) is 0. The summed E-state index contributed by atoms with van der Waals surface area (Å²) in [4.78, 5) is 10.8. The highest BCUT2D eigenvalue weighted by Crippen LogP contribution is 2.28. The molecule has 0 spiro atoms. The molecule has 0 aliphatic heterocycles. The van der Waals surface area contributed by atoms with Crippen LogP contribution >= 0.6 is 23.2 Å². The average Bonchev–Trinajstić information content (AvgIpc) is 2.71. The SMILES string of the molecule is Cc1cc(Cl)c(-n2cccc2C=O)cc1Cl. The van der Waals surface area contributed by atoms with Crippen molar-refractivity contribution in [2.45, 2.75) is 6.92 Å². The summed E-state index contributed by atoms with van der Waals surface area (Å²) in [5.41, 5.74) is 2.17. The van der Waals surface area contributed by atoms with Crippen LogP contribution in [0.2, 0.25) is 10.0 Å². The summed E-state index contributed by atoms with van der Waals surface area (Å²) in [7, 11) is 0. The van der Waals surface area contributed by atoms with Gasteiger partial charge in [0.2, 0.25) is 0 Å². The fourth-order valence-corrected chi connectivity index (χ4v) is 2.00. The van der Waals surface area contributed by atoms with Crippen LogP contribution in [0.5, 0.6) is 0 Å². The van der Waals surface area contributed by atoms with Crippen LogP contribution in [0.1, 0.15) is 16.1 Å². The molecule has 0 saturated heterocycles. The molecule has 16 heavy (non-hydrogen) atoms. The van der Waals surface area contributed by atoms with Crippen molar-refractivity contribution in [3.8, 4) is 5.69 Å². The Balaban J connectivity index is 2.64. The van der Waals surface area contributed by atoms with Crippen molar-refractivity contribution < 1.29 is 4.79 Å². The van der Waals surface area contributed by atoms with Crippen LogP contribution in [0.15, 0.2) is 30.5 Å². The number of halogens is 2. The first-order chi connectivity index (χ1) is 7.63. The second kappa shape index (κ2) is 4.32. The minimum absolute atomic E-state index is 0.543. The van der Waals surface area contributed by atoms with E-state index in [9.17, 15) is 4.79 Å². The topological polar surface area (TPSA) is 22.0 Å². The Kier molecular flexibility index (Phi) is 3.03. The summed E-state index contributed by atoms with van der Waals surface area (Å²) >= 11 is 12.2. The molecule has 0 bridgehead atoms. The van der Waals surface area contributed by atoms with Crippen LogP contribution in [0.25, 0.3) is 5.69 Å². The quantitative estimate of drug-likeness (QED) is 0.745. The van der Waals surface area contributed by atoms with Gasteiger partial charge in [0.15, 0.2) is 6.29 Å². The average molecular weight is 254 g/mol. The minimum Gasteiger partial charge on any atom is -0.313 e. The summed E-state index contributed by atoms with van der Waals surface area (Å²) < 4.78 is 1.71. The lowest BCUT2D eigenvalue weighted by Crippen LogP contribution is -1.98. The van der Waals surface area contributed by atoms with Crippen LogP contribution in [-0.2, 0) is 0 Å². The molecular formula is C12H9Cl2NO. The molecule has 0 saturated carbocycles. The molecule has 0 atom stereocenters. The predicted octanol–water partition coefficient (Wildman–Crippen LogP) is 3.91. The normalized spacial score (nSPS) is 10.4. The van der Waals surface area contributed by atoms with E-state index >= 15 is 0 Å². The van der Waals surface area contributed by atoms with E-state index in [4.69, 9.17) is 23.2 Å². The first-order valence-corrected chi connectivity index (χ1v) is 5.47. The van der Waals surface area contributed by atoms with E-state index in [0.29, 0.717) is 21.4 Å². The van der Waals surface area contributed by atoms with E-state index in [1.165, 1.54) is 0 Å². The maximum Gasteiger partial charge on any atom is 0.166 e. The Labute approximate surface area is 103 Å². The zero-order valence-corrected chi connectivity index (χ0v) is 10.1. The monoisotopic (exact) mass is 253 g/mol. The van der Waals surface area contributed by atoms with Gasteiger partial charge >= 0.3 is 0 Å². The minimum atomic E-state index is 0.543. The van der Waals surface area contributed by atoms with Crippen molar-refractivity contribution in [3.05, 3.63) is 51.8 Å². The lowest BCUT2D eigenvalue weighted by atomic mass is 10.2. The number of hydrogen-bond acceptors (Lipinski definition) is 1. The number of aromatic nitrogens is 1. The van der Waals surface area contributed by atoms with Gasteiger partial charge < -0.3 is 4.57 Å². The van der Waals surface area contributed by atoms with Crippen LogP contribution < -0.4 is 0 Å². The Morgan fingerprint density at radius 1 is 1.25 bits per heavy atom. The number of carbonyl (C=O) groups is 1. The van der Waals surface area contributed by atoms with Crippen molar-refractivity contribution in [1.82, 2.24) is 4.57 Å². The molecule has 1 aromatic carbocycles. The van der Waals surface area contributed by atoms with Crippen LogP contribution in [-0.4, -0.2) is 10.9 Å². The lowest BCUT2D eigenvalue weighted by molar-refractivity contribution is 0.111. The highest BCUT2D eigenvalue weighted by molar-refractivity contribution is 6.35. The van der Waals surface area contributed by atoms with E-state index < -0.39 is 0 Å². The lowest BCUT2D eigenvalue weighted by Gasteiger charge is -2.10. The first kappa shape index (κ1) is 11.2. The number of benzene rings is 1. The van der Waals surface area contributed by atoms with E-state index in [2.05, 4.69) is 0 Å². The van der Waals surface area contributed by atoms with Gasteiger partial charge in [-0.15, -0.1) is 0 Å². The number of rotatable bonds is 2. The van der Waals surface area contributed by atoms with Crippen LogP contribution in [0.4, 0.5) is 0 Å². The van der Waals surface area contributed by atoms with Crippen molar-refractivity contribution in [1.29, 1.82) is 0 Å². The molecule has 0 radical (unpaired) electrons. The Morgan fingerprint density at radius 2 is 2.00 bits per heavy atom. The number of carbonyl (C=O) groups excluding carboxylic acids is 1. The summed E-state index contributed by atoms with van der Waals surface area (Å²) in [5, 5.41) is 1.20. The third kappa shape index (κ3) is 1.86. The van der Waals surface area contributed by atoms with E-state index in [-0.39, 0.29) is 0 Å². The summed E-state index contributed by atoms with van der Waals surface area (Å²) in [6, 6.07) is 7.05. The molecule has 1 aromatic heterocycles. The summed E-state index contributed by atoms with van der Waals surface area (Å²) in [6.07, 6.45) is 2.56. The maximum absolute atomic E-state index is 10.8. The van der Waals surface area contributed by atoms with Gasteiger partial charge in [-0.25, -0.2) is 0 Å². The van der Waals surface area contributed by atoms with Gasteiger partial charge in [0, 0.05) is 11.2 Å². The summed E-state index contributed by atoms with van der Waals surface area (Å²) in [5.74, 6) is 0. The van der Waals surface area contributed by atoms with Crippen molar-refractivity contribution >= 4 is 29.5 Å². The Hall–Kier alpha value is -1.25. The van der Waals surface area contributed by atoms with Gasteiger partial charge in [0.05, 0.1) is 16.4 Å².